The normalized spacial score (nSPS) is 17.4. The predicted molar refractivity (Wildman–Crippen MR) is 100 cm³/mol. The van der Waals surface area contributed by atoms with Gasteiger partial charge in [0.2, 0.25) is 5.95 Å². The summed E-state index contributed by atoms with van der Waals surface area (Å²) < 4.78 is 0. The molecule has 7 heteroatoms. The van der Waals surface area contributed by atoms with Gasteiger partial charge in [0.05, 0.1) is 11.7 Å². The molecule has 1 aromatic carbocycles. The molecule has 0 spiro atoms. The molecule has 3 N–H and O–H groups in total. The van der Waals surface area contributed by atoms with Crippen molar-refractivity contribution in [1.82, 2.24) is 20.2 Å². The summed E-state index contributed by atoms with van der Waals surface area (Å²) in [6, 6.07) is 7.96. The molecule has 3 aromatic rings. The van der Waals surface area contributed by atoms with Gasteiger partial charge < -0.3 is 10.6 Å². The Morgan fingerprint density at radius 2 is 2.08 bits per heavy atom. The number of nitrogens with zero attached hydrogens (tertiary/aromatic N) is 4. The summed E-state index contributed by atoms with van der Waals surface area (Å²) in [6.07, 6.45) is 3.90. The Morgan fingerprint density at radius 3 is 2.92 bits per heavy atom. The number of H-pyrrole nitrogens is 1. The van der Waals surface area contributed by atoms with Gasteiger partial charge in [0.25, 0.3) is 0 Å². The maximum atomic E-state index is 4.57. The van der Waals surface area contributed by atoms with Gasteiger partial charge in [-0.2, -0.15) is 10.1 Å². The van der Waals surface area contributed by atoms with Gasteiger partial charge in [-0.05, 0) is 37.5 Å². The lowest BCUT2D eigenvalue weighted by molar-refractivity contribution is 0.537. The van der Waals surface area contributed by atoms with Gasteiger partial charge in [-0.15, -0.1) is 0 Å². The highest BCUT2D eigenvalue weighted by molar-refractivity contribution is 5.94. The third kappa shape index (κ3) is 3.60. The lowest BCUT2D eigenvalue weighted by atomic mass is 10.0. The molecule has 0 bridgehead atoms. The fourth-order valence-corrected chi connectivity index (χ4v) is 2.91. The maximum absolute atomic E-state index is 4.57. The maximum Gasteiger partial charge on any atom is 0.230 e. The van der Waals surface area contributed by atoms with Gasteiger partial charge in [0.1, 0.15) is 11.7 Å². The number of hydrogen-bond acceptors (Lipinski definition) is 6. The molecule has 0 fully saturated rings. The molecule has 2 aromatic heterocycles. The average molecular weight is 335 g/mol. The molecule has 1 aliphatic rings. The number of aromatic amines is 1. The van der Waals surface area contributed by atoms with E-state index in [-0.39, 0.29) is 0 Å². The van der Waals surface area contributed by atoms with Crippen LogP contribution in [0.5, 0.6) is 0 Å². The molecule has 4 rings (SSSR count). The molecule has 1 aliphatic heterocycles. The molecule has 0 aliphatic carbocycles. The van der Waals surface area contributed by atoms with E-state index < -0.39 is 0 Å². The average Bonchev–Trinajstić information content (AvgIpc) is 3.04. The van der Waals surface area contributed by atoms with Crippen molar-refractivity contribution in [3.63, 3.8) is 0 Å². The van der Waals surface area contributed by atoms with Crippen molar-refractivity contribution in [2.75, 3.05) is 17.2 Å². The van der Waals surface area contributed by atoms with Crippen molar-refractivity contribution >= 4 is 34.2 Å². The van der Waals surface area contributed by atoms with E-state index >= 15 is 0 Å². The zero-order chi connectivity index (χ0) is 17.2. The lowest BCUT2D eigenvalue weighted by Gasteiger charge is -2.18. The minimum atomic E-state index is 0.584. The lowest BCUT2D eigenvalue weighted by Crippen LogP contribution is -2.21. The third-order valence-electron chi connectivity index (χ3n) is 4.29. The van der Waals surface area contributed by atoms with Gasteiger partial charge in [-0.3, -0.25) is 10.1 Å². The zero-order valence-corrected chi connectivity index (χ0v) is 14.4. The molecule has 1 unspecified atom stereocenters. The number of fused-ring (bicyclic) bond motifs is 1. The summed E-state index contributed by atoms with van der Waals surface area (Å²) in [7, 11) is 0. The molecular weight excluding hydrogens is 314 g/mol. The van der Waals surface area contributed by atoms with Crippen molar-refractivity contribution in [1.29, 1.82) is 0 Å². The Hall–Kier alpha value is -2.96. The second-order valence-corrected chi connectivity index (χ2v) is 6.57. The zero-order valence-electron chi connectivity index (χ0n) is 14.4. The summed E-state index contributed by atoms with van der Waals surface area (Å²) in [5, 5.41) is 14.7. The van der Waals surface area contributed by atoms with Crippen LogP contribution < -0.4 is 10.6 Å². The van der Waals surface area contributed by atoms with Crippen molar-refractivity contribution in [2.24, 2.45) is 10.9 Å². The third-order valence-corrected chi connectivity index (χ3v) is 4.29. The Labute approximate surface area is 146 Å². The van der Waals surface area contributed by atoms with E-state index in [9.17, 15) is 0 Å². The van der Waals surface area contributed by atoms with Crippen LogP contribution >= 0.6 is 0 Å². The summed E-state index contributed by atoms with van der Waals surface area (Å²) in [6.45, 7) is 5.05. The van der Waals surface area contributed by atoms with Crippen molar-refractivity contribution in [3.8, 4) is 0 Å². The first-order valence-corrected chi connectivity index (χ1v) is 8.52. The number of hydrogen-bond donors (Lipinski definition) is 3. The van der Waals surface area contributed by atoms with Crippen LogP contribution in [0.4, 0.5) is 17.5 Å². The summed E-state index contributed by atoms with van der Waals surface area (Å²) >= 11 is 0. The molecule has 0 amide bonds. The predicted octanol–water partition coefficient (Wildman–Crippen LogP) is 3.65. The van der Waals surface area contributed by atoms with E-state index in [4.69, 9.17) is 0 Å². The Kier molecular flexibility index (Phi) is 4.05. The standard InChI is InChI=1S/C18H21N7/c1-11-3-6-16(19-9-11)23-18-21-12(2)7-17(24-18)22-14-4-5-15-13(8-14)10-20-25-15/h4-5,7-8,10-11H,3,6,9H2,1-2H3,(H,20,25)(H2,19,21,22,23,24). The second-order valence-electron chi connectivity index (χ2n) is 6.57. The summed E-state index contributed by atoms with van der Waals surface area (Å²) in [5.41, 5.74) is 2.87. The van der Waals surface area contributed by atoms with E-state index in [1.807, 2.05) is 31.2 Å². The monoisotopic (exact) mass is 335 g/mol. The van der Waals surface area contributed by atoms with Crippen molar-refractivity contribution in [2.45, 2.75) is 26.7 Å². The van der Waals surface area contributed by atoms with E-state index in [0.717, 1.165) is 53.3 Å². The Bertz CT molecular complexity index is 928. The van der Waals surface area contributed by atoms with E-state index in [0.29, 0.717) is 11.9 Å². The summed E-state index contributed by atoms with van der Waals surface area (Å²) in [5.74, 6) is 2.95. The highest BCUT2D eigenvalue weighted by Crippen LogP contribution is 2.21. The number of aromatic nitrogens is 4. The first kappa shape index (κ1) is 15.6. The molecule has 0 saturated heterocycles. The fourth-order valence-electron chi connectivity index (χ4n) is 2.91. The molecular formula is C18H21N7. The highest BCUT2D eigenvalue weighted by Gasteiger charge is 2.13. The number of nitrogens with one attached hydrogen (secondary N) is 3. The number of aryl methyl sites for hydroxylation is 1. The molecule has 25 heavy (non-hydrogen) atoms. The molecule has 0 radical (unpaired) electrons. The van der Waals surface area contributed by atoms with Gasteiger partial charge in [0.15, 0.2) is 0 Å². The van der Waals surface area contributed by atoms with Crippen LogP contribution in [0.1, 0.15) is 25.5 Å². The summed E-state index contributed by atoms with van der Waals surface area (Å²) in [4.78, 5) is 13.6. The van der Waals surface area contributed by atoms with Crippen molar-refractivity contribution in [3.05, 3.63) is 36.2 Å². The molecule has 3 heterocycles. The molecule has 1 atom stereocenters. The van der Waals surface area contributed by atoms with Gasteiger partial charge in [-0.25, -0.2) is 4.98 Å². The topological polar surface area (TPSA) is 90.9 Å². The highest BCUT2D eigenvalue weighted by atomic mass is 15.2. The van der Waals surface area contributed by atoms with E-state index in [1.54, 1.807) is 6.20 Å². The SMILES string of the molecule is Cc1cc(Nc2ccc3[nH]ncc3c2)nc(NC2=NCC(C)CC2)n1. The minimum absolute atomic E-state index is 0.584. The van der Waals surface area contributed by atoms with Crippen LogP contribution in [0, 0.1) is 12.8 Å². The first-order valence-electron chi connectivity index (χ1n) is 8.52. The number of anilines is 3. The minimum Gasteiger partial charge on any atom is -0.340 e. The number of aliphatic imine (C=N–C) groups is 1. The van der Waals surface area contributed by atoms with Gasteiger partial charge in [0, 0.05) is 35.8 Å². The van der Waals surface area contributed by atoms with Gasteiger partial charge in [-0.1, -0.05) is 6.92 Å². The molecule has 7 nitrogen and oxygen atoms in total. The van der Waals surface area contributed by atoms with Crippen LogP contribution in [-0.4, -0.2) is 32.5 Å². The van der Waals surface area contributed by atoms with E-state index in [2.05, 4.69) is 42.7 Å². The first-order chi connectivity index (χ1) is 12.2. The van der Waals surface area contributed by atoms with Crippen LogP contribution in [0.15, 0.2) is 35.5 Å². The number of benzene rings is 1. The largest absolute Gasteiger partial charge is 0.340 e. The van der Waals surface area contributed by atoms with Crippen LogP contribution in [0.3, 0.4) is 0 Å². The van der Waals surface area contributed by atoms with Crippen molar-refractivity contribution < 1.29 is 0 Å². The molecule has 0 saturated carbocycles. The van der Waals surface area contributed by atoms with Gasteiger partial charge >= 0.3 is 0 Å². The van der Waals surface area contributed by atoms with Crippen LogP contribution in [-0.2, 0) is 0 Å². The Balaban J connectivity index is 1.54. The number of amidine groups is 1. The molecule has 128 valence electrons. The van der Waals surface area contributed by atoms with E-state index in [1.165, 1.54) is 0 Å². The fraction of sp³-hybridized carbons (Fsp3) is 0.333. The van der Waals surface area contributed by atoms with Crippen LogP contribution in [0.2, 0.25) is 0 Å². The van der Waals surface area contributed by atoms with Crippen LogP contribution in [0.25, 0.3) is 10.9 Å². The Morgan fingerprint density at radius 1 is 1.16 bits per heavy atom. The smallest absolute Gasteiger partial charge is 0.230 e. The quantitative estimate of drug-likeness (QED) is 0.680. The second kappa shape index (κ2) is 6.51. The number of rotatable bonds is 3.